The maximum Gasteiger partial charge on any atom is 0.194 e. The summed E-state index contributed by atoms with van der Waals surface area (Å²) >= 11 is 0. The van der Waals surface area contributed by atoms with Gasteiger partial charge in [-0.25, -0.2) is 0 Å². The summed E-state index contributed by atoms with van der Waals surface area (Å²) in [7, 11) is 3.28. The van der Waals surface area contributed by atoms with Crippen molar-refractivity contribution in [1.82, 2.24) is 9.88 Å². The van der Waals surface area contributed by atoms with E-state index in [9.17, 15) is 4.79 Å². The molecule has 0 aliphatic carbocycles. The maximum absolute atomic E-state index is 13.4. The zero-order chi connectivity index (χ0) is 25.6. The minimum Gasteiger partial charge on any atom is -0.497 e. The summed E-state index contributed by atoms with van der Waals surface area (Å²) in [6.45, 7) is 3.41. The van der Waals surface area contributed by atoms with Gasteiger partial charge in [-0.05, 0) is 67.4 Å². The molecule has 0 radical (unpaired) electrons. The first-order valence-electron chi connectivity index (χ1n) is 12.5. The lowest BCUT2D eigenvalue weighted by atomic mass is 10.1. The molecule has 0 atom stereocenters. The number of ether oxygens (including phenoxy) is 4. The number of aromatic amines is 1. The highest BCUT2D eigenvalue weighted by Crippen LogP contribution is 2.33. The van der Waals surface area contributed by atoms with Crippen molar-refractivity contribution in [2.45, 2.75) is 32.6 Å². The Kier molecular flexibility index (Phi) is 7.61. The van der Waals surface area contributed by atoms with E-state index in [4.69, 9.17) is 18.9 Å². The van der Waals surface area contributed by atoms with E-state index in [0.717, 1.165) is 46.8 Å². The zero-order valence-corrected chi connectivity index (χ0v) is 21.3. The minimum atomic E-state index is 0.0247. The Morgan fingerprint density at radius 2 is 1.32 bits per heavy atom. The SMILES string of the molecule is COc1ccc(COc2cc3[nH]cc(CN4CCCC4)c(=O)c3cc2OCc2ccc(OC)cc2)cc1. The van der Waals surface area contributed by atoms with Crippen LogP contribution in [0.2, 0.25) is 0 Å². The number of nitrogens with one attached hydrogen (secondary N) is 1. The fraction of sp³-hybridized carbons (Fsp3) is 0.300. The summed E-state index contributed by atoms with van der Waals surface area (Å²) in [6, 6.07) is 19.1. The van der Waals surface area contributed by atoms with E-state index in [0.29, 0.717) is 36.6 Å². The van der Waals surface area contributed by atoms with Crippen LogP contribution in [0.4, 0.5) is 0 Å². The summed E-state index contributed by atoms with van der Waals surface area (Å²) in [6.07, 6.45) is 4.20. The van der Waals surface area contributed by atoms with Gasteiger partial charge in [0.2, 0.25) is 0 Å². The van der Waals surface area contributed by atoms with Gasteiger partial charge in [0.05, 0.1) is 19.7 Å². The summed E-state index contributed by atoms with van der Waals surface area (Å²) in [5.41, 5.74) is 3.49. The third-order valence-corrected chi connectivity index (χ3v) is 6.72. The molecule has 0 amide bonds. The molecule has 5 rings (SSSR count). The van der Waals surface area contributed by atoms with Gasteiger partial charge in [-0.1, -0.05) is 24.3 Å². The number of likely N-dealkylation sites (tertiary alicyclic amines) is 1. The molecule has 1 aliphatic rings. The monoisotopic (exact) mass is 500 g/mol. The zero-order valence-electron chi connectivity index (χ0n) is 21.3. The number of pyridine rings is 1. The highest BCUT2D eigenvalue weighted by Gasteiger charge is 2.17. The van der Waals surface area contributed by atoms with Crippen LogP contribution in [-0.4, -0.2) is 37.2 Å². The van der Waals surface area contributed by atoms with Crippen molar-refractivity contribution < 1.29 is 18.9 Å². The van der Waals surface area contributed by atoms with E-state index in [-0.39, 0.29) is 5.43 Å². The minimum absolute atomic E-state index is 0.0247. The molecule has 1 fully saturated rings. The normalized spacial score (nSPS) is 13.6. The van der Waals surface area contributed by atoms with Crippen molar-refractivity contribution >= 4 is 10.9 Å². The van der Waals surface area contributed by atoms with Crippen LogP contribution in [-0.2, 0) is 19.8 Å². The summed E-state index contributed by atoms with van der Waals surface area (Å²) in [5, 5.41) is 0.596. The summed E-state index contributed by atoms with van der Waals surface area (Å²) < 4.78 is 22.9. The van der Waals surface area contributed by atoms with Crippen LogP contribution in [0.25, 0.3) is 10.9 Å². The fourth-order valence-corrected chi connectivity index (χ4v) is 4.56. The number of rotatable bonds is 10. The van der Waals surface area contributed by atoms with Gasteiger partial charge in [-0.3, -0.25) is 9.69 Å². The van der Waals surface area contributed by atoms with E-state index < -0.39 is 0 Å². The second-order valence-corrected chi connectivity index (χ2v) is 9.24. The van der Waals surface area contributed by atoms with Crippen molar-refractivity contribution in [2.75, 3.05) is 27.3 Å². The molecule has 7 heteroatoms. The van der Waals surface area contributed by atoms with Gasteiger partial charge in [-0.15, -0.1) is 0 Å². The lowest BCUT2D eigenvalue weighted by Crippen LogP contribution is -2.23. The van der Waals surface area contributed by atoms with Crippen LogP contribution >= 0.6 is 0 Å². The van der Waals surface area contributed by atoms with Crippen LogP contribution in [0.15, 0.2) is 71.7 Å². The molecule has 0 saturated carbocycles. The Balaban J connectivity index is 1.43. The molecule has 0 bridgehead atoms. The number of hydrogen-bond donors (Lipinski definition) is 1. The molecule has 1 N–H and O–H groups in total. The fourth-order valence-electron chi connectivity index (χ4n) is 4.56. The third-order valence-electron chi connectivity index (χ3n) is 6.72. The van der Waals surface area contributed by atoms with Gasteiger partial charge in [0.1, 0.15) is 24.7 Å². The van der Waals surface area contributed by atoms with Crippen LogP contribution in [0.3, 0.4) is 0 Å². The second-order valence-electron chi connectivity index (χ2n) is 9.24. The van der Waals surface area contributed by atoms with E-state index in [1.807, 2.05) is 60.8 Å². The van der Waals surface area contributed by atoms with E-state index in [1.165, 1.54) is 12.8 Å². The average Bonchev–Trinajstić information content (AvgIpc) is 3.46. The number of benzene rings is 3. The molecule has 37 heavy (non-hydrogen) atoms. The second kappa shape index (κ2) is 11.4. The molecule has 4 aromatic rings. The van der Waals surface area contributed by atoms with Crippen molar-refractivity contribution in [3.8, 4) is 23.0 Å². The van der Waals surface area contributed by atoms with Gasteiger partial charge in [0.25, 0.3) is 0 Å². The molecule has 0 spiro atoms. The number of nitrogens with zero attached hydrogens (tertiary/aromatic N) is 1. The van der Waals surface area contributed by atoms with Gasteiger partial charge in [-0.2, -0.15) is 0 Å². The number of methoxy groups -OCH3 is 2. The van der Waals surface area contributed by atoms with Crippen molar-refractivity contribution in [1.29, 1.82) is 0 Å². The molecular formula is C30H32N2O5. The quantitative estimate of drug-likeness (QED) is 0.319. The molecule has 192 valence electrons. The van der Waals surface area contributed by atoms with E-state index in [2.05, 4.69) is 9.88 Å². The van der Waals surface area contributed by atoms with Crippen molar-refractivity contribution in [3.05, 3.63) is 93.8 Å². The average molecular weight is 501 g/mol. The Labute approximate surface area is 216 Å². The highest BCUT2D eigenvalue weighted by atomic mass is 16.5. The Morgan fingerprint density at radius 3 is 1.86 bits per heavy atom. The highest BCUT2D eigenvalue weighted by molar-refractivity contribution is 5.83. The molecule has 2 heterocycles. The number of aromatic nitrogens is 1. The lowest BCUT2D eigenvalue weighted by Gasteiger charge is -2.16. The Bertz CT molecular complexity index is 1390. The van der Waals surface area contributed by atoms with Gasteiger partial charge in [0.15, 0.2) is 16.9 Å². The molecule has 0 unspecified atom stereocenters. The maximum atomic E-state index is 13.4. The van der Waals surface area contributed by atoms with Crippen LogP contribution in [0.1, 0.15) is 29.5 Å². The van der Waals surface area contributed by atoms with Crippen LogP contribution in [0.5, 0.6) is 23.0 Å². The van der Waals surface area contributed by atoms with Gasteiger partial charge >= 0.3 is 0 Å². The lowest BCUT2D eigenvalue weighted by molar-refractivity contribution is 0.256. The molecule has 1 aromatic heterocycles. The molecule has 1 saturated heterocycles. The van der Waals surface area contributed by atoms with Crippen LogP contribution in [0, 0.1) is 0 Å². The standard InChI is InChI=1S/C30H32N2O5/c1-34-24-9-5-21(6-10-24)19-36-28-15-26-27(31-17-23(30(26)33)18-32-13-3-4-14-32)16-29(28)37-20-22-7-11-25(35-2)12-8-22/h5-12,15-17H,3-4,13-14,18-20H2,1-2H3,(H,31,33). The molecular weight excluding hydrogens is 468 g/mol. The first-order chi connectivity index (χ1) is 18.1. The number of H-pyrrole nitrogens is 1. The van der Waals surface area contributed by atoms with Crippen molar-refractivity contribution in [3.63, 3.8) is 0 Å². The van der Waals surface area contributed by atoms with Crippen LogP contribution < -0.4 is 24.4 Å². The van der Waals surface area contributed by atoms with Gasteiger partial charge < -0.3 is 23.9 Å². The first kappa shape index (κ1) is 24.7. The van der Waals surface area contributed by atoms with E-state index in [1.54, 1.807) is 20.3 Å². The topological polar surface area (TPSA) is 73.0 Å². The summed E-state index contributed by atoms with van der Waals surface area (Å²) in [5.74, 6) is 2.68. The number of hydrogen-bond acceptors (Lipinski definition) is 6. The smallest absolute Gasteiger partial charge is 0.194 e. The molecule has 3 aromatic carbocycles. The Morgan fingerprint density at radius 1 is 0.784 bits per heavy atom. The molecule has 1 aliphatic heterocycles. The van der Waals surface area contributed by atoms with E-state index >= 15 is 0 Å². The number of fused-ring (bicyclic) bond motifs is 1. The first-order valence-corrected chi connectivity index (χ1v) is 12.5. The largest absolute Gasteiger partial charge is 0.497 e. The third kappa shape index (κ3) is 5.89. The van der Waals surface area contributed by atoms with Gasteiger partial charge in [0, 0.05) is 29.8 Å². The predicted octanol–water partition coefficient (Wildman–Crippen LogP) is 5.30. The summed E-state index contributed by atoms with van der Waals surface area (Å²) in [4.78, 5) is 19.0. The molecule has 7 nitrogen and oxygen atoms in total. The van der Waals surface area contributed by atoms with Crippen molar-refractivity contribution in [2.24, 2.45) is 0 Å². The predicted molar refractivity (Wildman–Crippen MR) is 144 cm³/mol. The Hall–Kier alpha value is -3.97.